The Labute approximate surface area is 190 Å². The van der Waals surface area contributed by atoms with E-state index in [0.717, 1.165) is 45.5 Å². The fourth-order valence-corrected chi connectivity index (χ4v) is 4.02. The molecule has 162 valence electrons. The third-order valence-electron chi connectivity index (χ3n) is 5.57. The zero-order chi connectivity index (χ0) is 22.7. The number of rotatable bonds is 6. The number of nitrogens with zero attached hydrogens (tertiary/aromatic N) is 1. The minimum absolute atomic E-state index is 0.815. The van der Waals surface area contributed by atoms with E-state index in [1.165, 1.54) is 16.7 Å². The Morgan fingerprint density at radius 3 is 1.91 bits per heavy atom. The molecule has 0 amide bonds. The third kappa shape index (κ3) is 4.45. The van der Waals surface area contributed by atoms with Gasteiger partial charge in [0, 0.05) is 28.2 Å². The third-order valence-corrected chi connectivity index (χ3v) is 5.57. The topological polar surface area (TPSA) is 46.2 Å². The van der Waals surface area contributed by atoms with E-state index in [0.29, 0.717) is 0 Å². The number of pyridine rings is 1. The molecule has 3 aromatic carbocycles. The van der Waals surface area contributed by atoms with Crippen molar-refractivity contribution in [2.75, 3.05) is 17.7 Å². The molecule has 0 unspecified atom stereocenters. The first-order chi connectivity index (χ1) is 15.5. The Morgan fingerprint density at radius 2 is 1.28 bits per heavy atom. The normalized spacial score (nSPS) is 10.7. The lowest BCUT2D eigenvalue weighted by molar-refractivity contribution is 0.416. The van der Waals surface area contributed by atoms with E-state index in [4.69, 9.17) is 4.74 Å². The predicted molar refractivity (Wildman–Crippen MR) is 135 cm³/mol. The van der Waals surface area contributed by atoms with Crippen molar-refractivity contribution in [1.82, 2.24) is 4.98 Å². The summed E-state index contributed by atoms with van der Waals surface area (Å²) in [5, 5.41) is 7.17. The van der Waals surface area contributed by atoms with Crippen molar-refractivity contribution < 1.29 is 4.74 Å². The van der Waals surface area contributed by atoms with Gasteiger partial charge in [0.05, 0.1) is 12.8 Å². The van der Waals surface area contributed by atoms with Gasteiger partial charge < -0.3 is 15.4 Å². The standard InChI is InChI=1S/C28H29N3O/c1-18-15-16-25(32-5)24(17-18)30-22-12-6-9-19(2)27(22)28-20(3)10-7-13-23(28)31-26-14-8-11-21(4)29-26/h6-17,30H,1-5H3,(H,29,31). The highest BCUT2D eigenvalue weighted by atomic mass is 16.5. The highest BCUT2D eigenvalue weighted by Gasteiger charge is 2.16. The fraction of sp³-hybridized carbons (Fsp3) is 0.179. The van der Waals surface area contributed by atoms with Gasteiger partial charge in [-0.3, -0.25) is 0 Å². The van der Waals surface area contributed by atoms with E-state index < -0.39 is 0 Å². The molecule has 32 heavy (non-hydrogen) atoms. The molecule has 1 heterocycles. The van der Waals surface area contributed by atoms with E-state index in [9.17, 15) is 0 Å². The summed E-state index contributed by atoms with van der Waals surface area (Å²) in [6, 6.07) is 24.8. The zero-order valence-electron chi connectivity index (χ0n) is 19.3. The van der Waals surface area contributed by atoms with Crippen LogP contribution in [0.3, 0.4) is 0 Å². The van der Waals surface area contributed by atoms with E-state index >= 15 is 0 Å². The molecule has 4 heteroatoms. The van der Waals surface area contributed by atoms with E-state index in [1.54, 1.807) is 7.11 Å². The molecule has 0 atom stereocenters. The molecule has 1 aromatic heterocycles. The second kappa shape index (κ2) is 9.15. The smallest absolute Gasteiger partial charge is 0.142 e. The summed E-state index contributed by atoms with van der Waals surface area (Å²) in [5.74, 6) is 1.65. The van der Waals surface area contributed by atoms with Crippen LogP contribution in [0.5, 0.6) is 5.75 Å². The number of benzene rings is 3. The zero-order valence-corrected chi connectivity index (χ0v) is 19.3. The molecule has 0 bridgehead atoms. The van der Waals surface area contributed by atoms with Gasteiger partial charge in [-0.25, -0.2) is 4.98 Å². The van der Waals surface area contributed by atoms with Crippen molar-refractivity contribution in [3.05, 3.63) is 95.2 Å². The first-order valence-corrected chi connectivity index (χ1v) is 10.8. The van der Waals surface area contributed by atoms with Gasteiger partial charge in [0.1, 0.15) is 11.6 Å². The molecule has 2 N–H and O–H groups in total. The van der Waals surface area contributed by atoms with Gasteiger partial charge in [-0.2, -0.15) is 0 Å². The predicted octanol–water partition coefficient (Wildman–Crippen LogP) is 7.48. The lowest BCUT2D eigenvalue weighted by Gasteiger charge is -2.21. The SMILES string of the molecule is COc1ccc(C)cc1Nc1cccc(C)c1-c1c(C)cccc1Nc1cccc(C)n1. The average Bonchev–Trinajstić information content (AvgIpc) is 2.75. The van der Waals surface area contributed by atoms with Crippen LogP contribution in [-0.4, -0.2) is 12.1 Å². The van der Waals surface area contributed by atoms with Gasteiger partial charge in [0.15, 0.2) is 0 Å². The van der Waals surface area contributed by atoms with Crippen LogP contribution in [0.15, 0.2) is 72.8 Å². The highest BCUT2D eigenvalue weighted by molar-refractivity contribution is 5.93. The first-order valence-electron chi connectivity index (χ1n) is 10.8. The van der Waals surface area contributed by atoms with Gasteiger partial charge in [-0.15, -0.1) is 0 Å². The van der Waals surface area contributed by atoms with Crippen molar-refractivity contribution in [3.63, 3.8) is 0 Å². The van der Waals surface area contributed by atoms with Crippen LogP contribution in [0.1, 0.15) is 22.4 Å². The number of aromatic nitrogens is 1. The summed E-state index contributed by atoms with van der Waals surface area (Å²) in [5.41, 5.74) is 9.85. The number of methoxy groups -OCH3 is 1. The summed E-state index contributed by atoms with van der Waals surface area (Å²) >= 11 is 0. The molecule has 0 aliphatic heterocycles. The molecule has 0 fully saturated rings. The molecule has 0 saturated carbocycles. The summed E-state index contributed by atoms with van der Waals surface area (Å²) in [7, 11) is 1.70. The Bertz CT molecular complexity index is 1260. The Hall–Kier alpha value is -3.79. The molecule has 4 aromatic rings. The Balaban J connectivity index is 1.84. The Kier molecular flexibility index (Phi) is 6.13. The van der Waals surface area contributed by atoms with E-state index in [2.05, 4.69) is 84.9 Å². The molecule has 4 nitrogen and oxygen atoms in total. The molecule has 0 aliphatic carbocycles. The minimum atomic E-state index is 0.815. The van der Waals surface area contributed by atoms with Gasteiger partial charge in [0.25, 0.3) is 0 Å². The summed E-state index contributed by atoms with van der Waals surface area (Å²) in [6.07, 6.45) is 0. The van der Waals surface area contributed by atoms with Crippen LogP contribution in [-0.2, 0) is 0 Å². The van der Waals surface area contributed by atoms with Gasteiger partial charge in [-0.05, 0) is 80.8 Å². The van der Waals surface area contributed by atoms with E-state index in [-0.39, 0.29) is 0 Å². The van der Waals surface area contributed by atoms with Gasteiger partial charge in [0.2, 0.25) is 0 Å². The highest BCUT2D eigenvalue weighted by Crippen LogP contribution is 2.41. The largest absolute Gasteiger partial charge is 0.495 e. The van der Waals surface area contributed by atoms with Crippen LogP contribution >= 0.6 is 0 Å². The van der Waals surface area contributed by atoms with Crippen molar-refractivity contribution in [1.29, 1.82) is 0 Å². The minimum Gasteiger partial charge on any atom is -0.495 e. The van der Waals surface area contributed by atoms with Gasteiger partial charge in [-0.1, -0.05) is 36.4 Å². The number of ether oxygens (including phenoxy) is 1. The molecule has 0 radical (unpaired) electrons. The monoisotopic (exact) mass is 423 g/mol. The number of nitrogens with one attached hydrogen (secondary N) is 2. The van der Waals surface area contributed by atoms with Crippen LogP contribution < -0.4 is 15.4 Å². The Morgan fingerprint density at radius 1 is 0.656 bits per heavy atom. The maximum absolute atomic E-state index is 5.60. The first kappa shape index (κ1) is 21.4. The number of aryl methyl sites for hydroxylation is 4. The molecular formula is C28H29N3O. The number of hydrogen-bond acceptors (Lipinski definition) is 4. The number of hydrogen-bond donors (Lipinski definition) is 2. The molecule has 0 spiro atoms. The maximum atomic E-state index is 5.60. The number of anilines is 4. The molecule has 4 rings (SSSR count). The van der Waals surface area contributed by atoms with Crippen molar-refractivity contribution >= 4 is 22.9 Å². The summed E-state index contributed by atoms with van der Waals surface area (Å²) in [4.78, 5) is 4.63. The van der Waals surface area contributed by atoms with Crippen molar-refractivity contribution in [3.8, 4) is 16.9 Å². The fourth-order valence-electron chi connectivity index (χ4n) is 4.02. The quantitative estimate of drug-likeness (QED) is 0.337. The second-order valence-electron chi connectivity index (χ2n) is 8.11. The molecule has 0 saturated heterocycles. The van der Waals surface area contributed by atoms with Crippen LogP contribution in [0, 0.1) is 27.7 Å². The molecular weight excluding hydrogens is 394 g/mol. The van der Waals surface area contributed by atoms with Crippen molar-refractivity contribution in [2.45, 2.75) is 27.7 Å². The molecule has 0 aliphatic rings. The summed E-state index contributed by atoms with van der Waals surface area (Å²) in [6.45, 7) is 8.38. The van der Waals surface area contributed by atoms with Crippen LogP contribution in [0.25, 0.3) is 11.1 Å². The van der Waals surface area contributed by atoms with E-state index in [1.807, 2.05) is 31.2 Å². The van der Waals surface area contributed by atoms with Crippen LogP contribution in [0.4, 0.5) is 22.9 Å². The maximum Gasteiger partial charge on any atom is 0.142 e. The lowest BCUT2D eigenvalue weighted by Crippen LogP contribution is -2.02. The summed E-state index contributed by atoms with van der Waals surface area (Å²) < 4.78 is 5.60. The second-order valence-corrected chi connectivity index (χ2v) is 8.11. The van der Waals surface area contributed by atoms with Crippen molar-refractivity contribution in [2.24, 2.45) is 0 Å². The lowest BCUT2D eigenvalue weighted by atomic mass is 9.93. The van der Waals surface area contributed by atoms with Crippen LogP contribution in [0.2, 0.25) is 0 Å². The average molecular weight is 424 g/mol. The van der Waals surface area contributed by atoms with Gasteiger partial charge >= 0.3 is 0 Å².